The number of hydrogen-bond acceptors (Lipinski definition) is 5. The standard InChI is InChI=1S/C19H18ClN3O2S.ClH/c20-14-2-1-3-15-17(14)26-19(23-15)11-4-6-12(7-5-11)22-18(24)16-9-8-13(10-21)25-16;/h1-7,13,16H,8-10,21H2,(H,22,24);1H/t13-,16+;/m1./s1. The van der Waals surface area contributed by atoms with Crippen molar-refractivity contribution < 1.29 is 9.53 Å². The van der Waals surface area contributed by atoms with Crippen LogP contribution in [-0.4, -0.2) is 29.6 Å². The molecule has 2 heterocycles. The minimum Gasteiger partial charge on any atom is -0.364 e. The van der Waals surface area contributed by atoms with Crippen molar-refractivity contribution in [1.29, 1.82) is 0 Å². The van der Waals surface area contributed by atoms with E-state index in [1.165, 1.54) is 0 Å². The molecule has 27 heavy (non-hydrogen) atoms. The monoisotopic (exact) mass is 423 g/mol. The van der Waals surface area contributed by atoms with Crippen molar-refractivity contribution in [1.82, 2.24) is 4.98 Å². The van der Waals surface area contributed by atoms with Crippen molar-refractivity contribution in [2.24, 2.45) is 5.73 Å². The second-order valence-corrected chi connectivity index (χ2v) is 7.64. The van der Waals surface area contributed by atoms with E-state index in [0.717, 1.165) is 32.9 Å². The fraction of sp³-hybridized carbons (Fsp3) is 0.263. The molecular formula is C19H19Cl2N3O2S. The maximum Gasteiger partial charge on any atom is 0.253 e. The van der Waals surface area contributed by atoms with Gasteiger partial charge in [0.15, 0.2) is 0 Å². The van der Waals surface area contributed by atoms with Crippen LogP contribution in [0, 0.1) is 0 Å². The van der Waals surface area contributed by atoms with Gasteiger partial charge >= 0.3 is 0 Å². The quantitative estimate of drug-likeness (QED) is 0.647. The van der Waals surface area contributed by atoms with E-state index in [-0.39, 0.29) is 24.4 Å². The number of carbonyl (C=O) groups is 1. The number of carbonyl (C=O) groups excluding carboxylic acids is 1. The third kappa shape index (κ3) is 4.25. The summed E-state index contributed by atoms with van der Waals surface area (Å²) in [6.45, 7) is 0.449. The minimum absolute atomic E-state index is 0. The third-order valence-electron chi connectivity index (χ3n) is 4.43. The number of nitrogens with zero attached hydrogens (tertiary/aromatic N) is 1. The zero-order valence-electron chi connectivity index (χ0n) is 14.4. The van der Waals surface area contributed by atoms with E-state index < -0.39 is 6.10 Å². The van der Waals surface area contributed by atoms with E-state index >= 15 is 0 Å². The number of benzene rings is 2. The second kappa shape index (κ2) is 8.54. The first-order valence-electron chi connectivity index (χ1n) is 8.46. The van der Waals surface area contributed by atoms with Crippen molar-refractivity contribution in [3.05, 3.63) is 47.5 Å². The molecule has 1 amide bonds. The van der Waals surface area contributed by atoms with Gasteiger partial charge in [0.1, 0.15) is 11.1 Å². The maximum absolute atomic E-state index is 12.3. The Morgan fingerprint density at radius 3 is 2.70 bits per heavy atom. The van der Waals surface area contributed by atoms with Crippen molar-refractivity contribution in [3.63, 3.8) is 0 Å². The van der Waals surface area contributed by atoms with Crippen LogP contribution in [0.3, 0.4) is 0 Å². The molecule has 1 fully saturated rings. The van der Waals surface area contributed by atoms with Gasteiger partial charge in [0, 0.05) is 17.8 Å². The number of nitrogens with one attached hydrogen (secondary N) is 1. The molecule has 2 aromatic carbocycles. The van der Waals surface area contributed by atoms with E-state index in [2.05, 4.69) is 10.3 Å². The smallest absolute Gasteiger partial charge is 0.253 e. The normalized spacial score (nSPS) is 19.0. The average molecular weight is 424 g/mol. The Labute approximate surface area is 172 Å². The minimum atomic E-state index is -0.422. The second-order valence-electron chi connectivity index (χ2n) is 6.23. The maximum atomic E-state index is 12.3. The molecule has 4 rings (SSSR count). The number of aromatic nitrogens is 1. The van der Waals surface area contributed by atoms with Crippen LogP contribution in [0.1, 0.15) is 12.8 Å². The predicted molar refractivity (Wildman–Crippen MR) is 113 cm³/mol. The molecule has 1 aliphatic heterocycles. The molecule has 3 aromatic rings. The molecule has 0 saturated carbocycles. The van der Waals surface area contributed by atoms with Gasteiger partial charge < -0.3 is 15.8 Å². The highest BCUT2D eigenvalue weighted by molar-refractivity contribution is 7.22. The van der Waals surface area contributed by atoms with Crippen molar-refractivity contribution in [3.8, 4) is 10.6 Å². The highest BCUT2D eigenvalue weighted by atomic mass is 35.5. The first kappa shape index (κ1) is 20.0. The van der Waals surface area contributed by atoms with Crippen molar-refractivity contribution in [2.45, 2.75) is 25.0 Å². The SMILES string of the molecule is Cl.NC[C@H]1CC[C@@H](C(=O)Nc2ccc(-c3nc4cccc(Cl)c4s3)cc2)O1. The van der Waals surface area contributed by atoms with Gasteiger partial charge in [-0.25, -0.2) is 4.98 Å². The molecule has 5 nitrogen and oxygen atoms in total. The Morgan fingerprint density at radius 1 is 1.26 bits per heavy atom. The lowest BCUT2D eigenvalue weighted by atomic mass is 10.1. The van der Waals surface area contributed by atoms with Crippen LogP contribution in [0.5, 0.6) is 0 Å². The van der Waals surface area contributed by atoms with Crippen molar-refractivity contribution >= 4 is 57.2 Å². The highest BCUT2D eigenvalue weighted by Gasteiger charge is 2.29. The molecular weight excluding hydrogens is 405 g/mol. The fourth-order valence-electron chi connectivity index (χ4n) is 3.03. The Morgan fingerprint density at radius 2 is 2.04 bits per heavy atom. The van der Waals surface area contributed by atoms with Crippen LogP contribution in [0.4, 0.5) is 5.69 Å². The van der Waals surface area contributed by atoms with Gasteiger partial charge in [-0.1, -0.05) is 17.7 Å². The first-order chi connectivity index (χ1) is 12.6. The molecule has 0 bridgehead atoms. The summed E-state index contributed by atoms with van der Waals surface area (Å²) in [5, 5.41) is 4.51. The Hall–Kier alpha value is -1.70. The summed E-state index contributed by atoms with van der Waals surface area (Å²) in [5.74, 6) is -0.125. The fourth-order valence-corrected chi connectivity index (χ4v) is 4.29. The van der Waals surface area contributed by atoms with Gasteiger partial charge in [0.05, 0.1) is 21.3 Å². The molecule has 0 radical (unpaired) electrons. The summed E-state index contributed by atoms with van der Waals surface area (Å²) in [4.78, 5) is 16.9. The number of rotatable bonds is 4. The number of hydrogen-bond donors (Lipinski definition) is 2. The van der Waals surface area contributed by atoms with E-state index in [1.807, 2.05) is 42.5 Å². The van der Waals surface area contributed by atoms with Crippen LogP contribution in [-0.2, 0) is 9.53 Å². The summed E-state index contributed by atoms with van der Waals surface area (Å²) < 4.78 is 6.61. The summed E-state index contributed by atoms with van der Waals surface area (Å²) in [6, 6.07) is 13.3. The van der Waals surface area contributed by atoms with E-state index in [4.69, 9.17) is 22.1 Å². The zero-order valence-corrected chi connectivity index (χ0v) is 16.7. The van der Waals surface area contributed by atoms with Gasteiger partial charge in [-0.2, -0.15) is 0 Å². The van der Waals surface area contributed by atoms with E-state index in [1.54, 1.807) is 11.3 Å². The van der Waals surface area contributed by atoms with Crippen LogP contribution in [0.15, 0.2) is 42.5 Å². The first-order valence-corrected chi connectivity index (χ1v) is 9.65. The number of halogens is 2. The van der Waals surface area contributed by atoms with Crippen molar-refractivity contribution in [2.75, 3.05) is 11.9 Å². The molecule has 1 aromatic heterocycles. The van der Waals surface area contributed by atoms with Crippen LogP contribution in [0.25, 0.3) is 20.8 Å². The molecule has 8 heteroatoms. The summed E-state index contributed by atoms with van der Waals surface area (Å²) in [5.41, 5.74) is 8.20. The molecule has 1 saturated heterocycles. The number of amides is 1. The Kier molecular flexibility index (Phi) is 6.34. The summed E-state index contributed by atoms with van der Waals surface area (Å²) >= 11 is 7.78. The molecule has 0 aliphatic carbocycles. The zero-order chi connectivity index (χ0) is 18.1. The molecule has 142 valence electrons. The molecule has 0 spiro atoms. The molecule has 1 aliphatic rings. The number of nitrogens with two attached hydrogens (primary N) is 1. The van der Waals surface area contributed by atoms with Gasteiger partial charge in [-0.05, 0) is 49.2 Å². The number of ether oxygens (including phenoxy) is 1. The largest absolute Gasteiger partial charge is 0.364 e. The van der Waals surface area contributed by atoms with Gasteiger partial charge in [-0.3, -0.25) is 4.79 Å². The summed E-state index contributed by atoms with van der Waals surface area (Å²) in [6.07, 6.45) is 1.10. The Bertz CT molecular complexity index is 946. The van der Waals surface area contributed by atoms with Gasteiger partial charge in [-0.15, -0.1) is 23.7 Å². The third-order valence-corrected chi connectivity index (χ3v) is 6.01. The van der Waals surface area contributed by atoms with Crippen LogP contribution < -0.4 is 11.1 Å². The Balaban J connectivity index is 0.00000210. The lowest BCUT2D eigenvalue weighted by Gasteiger charge is -2.12. The highest BCUT2D eigenvalue weighted by Crippen LogP contribution is 2.34. The van der Waals surface area contributed by atoms with E-state index in [0.29, 0.717) is 18.0 Å². The molecule has 0 unspecified atom stereocenters. The van der Waals surface area contributed by atoms with Gasteiger partial charge in [0.2, 0.25) is 0 Å². The number of fused-ring (bicyclic) bond motifs is 1. The van der Waals surface area contributed by atoms with E-state index in [9.17, 15) is 4.79 Å². The van der Waals surface area contributed by atoms with Crippen LogP contribution >= 0.6 is 35.3 Å². The number of thiazole rings is 1. The number of anilines is 1. The summed E-state index contributed by atoms with van der Waals surface area (Å²) in [7, 11) is 0. The average Bonchev–Trinajstić information content (AvgIpc) is 3.30. The van der Waals surface area contributed by atoms with Crippen LogP contribution in [0.2, 0.25) is 5.02 Å². The lowest BCUT2D eigenvalue weighted by Crippen LogP contribution is -2.29. The molecule has 3 N–H and O–H groups in total. The molecule has 2 atom stereocenters. The van der Waals surface area contributed by atoms with Gasteiger partial charge in [0.25, 0.3) is 5.91 Å². The lowest BCUT2D eigenvalue weighted by molar-refractivity contribution is -0.126. The predicted octanol–water partition coefficient (Wildman–Crippen LogP) is 4.48. The topological polar surface area (TPSA) is 77.2 Å².